The fourth-order valence-corrected chi connectivity index (χ4v) is 2.78. The zero-order chi connectivity index (χ0) is 16.2. The highest BCUT2D eigenvalue weighted by molar-refractivity contribution is 6.33. The van der Waals surface area contributed by atoms with Gasteiger partial charge in [0.2, 0.25) is 11.8 Å². The number of imide groups is 1. The fraction of sp³-hybridized carbons (Fsp3) is 0.167. The minimum Gasteiger partial charge on any atom is -0.296 e. The molecule has 1 aliphatic rings. The Bertz CT molecular complexity index is 822. The average Bonchev–Trinajstić information content (AvgIpc) is 2.55. The number of pyridine rings is 1. The number of rotatable bonds is 1. The lowest BCUT2D eigenvalue weighted by atomic mass is 9.89. The van der Waals surface area contributed by atoms with Crippen molar-refractivity contribution in [3.8, 4) is 11.8 Å². The van der Waals surface area contributed by atoms with Gasteiger partial charge in [0, 0.05) is 18.2 Å². The van der Waals surface area contributed by atoms with Gasteiger partial charge >= 0.3 is 0 Å². The van der Waals surface area contributed by atoms with Crippen molar-refractivity contribution < 1.29 is 9.59 Å². The molecule has 1 fully saturated rings. The molecule has 1 aromatic carbocycles. The van der Waals surface area contributed by atoms with Crippen LogP contribution in [0, 0.1) is 11.8 Å². The maximum atomic E-state index is 12.0. The van der Waals surface area contributed by atoms with E-state index in [4.69, 9.17) is 11.6 Å². The van der Waals surface area contributed by atoms with Crippen LogP contribution < -0.4 is 5.32 Å². The highest BCUT2D eigenvalue weighted by atomic mass is 35.5. The molecule has 2 aromatic rings. The number of carbonyl (C=O) groups excluding carboxylic acids is 2. The Morgan fingerprint density at radius 1 is 1.13 bits per heavy atom. The summed E-state index contributed by atoms with van der Waals surface area (Å²) in [6.45, 7) is 0. The van der Waals surface area contributed by atoms with Gasteiger partial charge in [0.05, 0.1) is 10.9 Å². The molecule has 1 unspecified atom stereocenters. The third-order valence-electron chi connectivity index (χ3n) is 3.63. The van der Waals surface area contributed by atoms with Crippen LogP contribution in [0.4, 0.5) is 0 Å². The molecule has 1 N–H and O–H groups in total. The van der Waals surface area contributed by atoms with Gasteiger partial charge in [0.1, 0.15) is 5.69 Å². The van der Waals surface area contributed by atoms with Gasteiger partial charge in [-0.15, -0.1) is 0 Å². The van der Waals surface area contributed by atoms with E-state index in [-0.39, 0.29) is 11.8 Å². The van der Waals surface area contributed by atoms with E-state index in [1.165, 1.54) is 0 Å². The van der Waals surface area contributed by atoms with Gasteiger partial charge in [0.25, 0.3) is 0 Å². The molecule has 23 heavy (non-hydrogen) atoms. The summed E-state index contributed by atoms with van der Waals surface area (Å²) < 4.78 is 0. The van der Waals surface area contributed by atoms with Crippen LogP contribution in [0.5, 0.6) is 0 Å². The molecule has 114 valence electrons. The molecule has 1 aliphatic heterocycles. The van der Waals surface area contributed by atoms with E-state index in [1.54, 1.807) is 18.3 Å². The number of amides is 2. The summed E-state index contributed by atoms with van der Waals surface area (Å²) in [6.07, 6.45) is 2.45. The van der Waals surface area contributed by atoms with Gasteiger partial charge in [-0.2, -0.15) is 0 Å². The van der Waals surface area contributed by atoms with Crippen LogP contribution in [0.15, 0.2) is 42.6 Å². The van der Waals surface area contributed by atoms with Gasteiger partial charge in [0.15, 0.2) is 0 Å². The summed E-state index contributed by atoms with van der Waals surface area (Å²) in [5, 5.41) is 2.80. The molecule has 5 heteroatoms. The zero-order valence-corrected chi connectivity index (χ0v) is 12.9. The lowest BCUT2D eigenvalue weighted by Gasteiger charge is -2.22. The smallest absolute Gasteiger partial charge is 0.234 e. The van der Waals surface area contributed by atoms with Gasteiger partial charge in [-0.05, 0) is 36.1 Å². The Morgan fingerprint density at radius 2 is 2.00 bits per heavy atom. The molecule has 0 bridgehead atoms. The minimum absolute atomic E-state index is 0.242. The quantitative estimate of drug-likeness (QED) is 0.648. The van der Waals surface area contributed by atoms with Gasteiger partial charge in [-0.3, -0.25) is 14.9 Å². The first-order valence-corrected chi connectivity index (χ1v) is 7.58. The van der Waals surface area contributed by atoms with E-state index >= 15 is 0 Å². The Hall–Kier alpha value is -2.64. The van der Waals surface area contributed by atoms with Crippen LogP contribution in [-0.2, 0) is 9.59 Å². The van der Waals surface area contributed by atoms with Crippen molar-refractivity contribution in [2.75, 3.05) is 0 Å². The summed E-state index contributed by atoms with van der Waals surface area (Å²) in [7, 11) is 0. The van der Waals surface area contributed by atoms with Crippen molar-refractivity contribution >= 4 is 23.4 Å². The van der Waals surface area contributed by atoms with Crippen LogP contribution in [0.3, 0.4) is 0 Å². The molecule has 2 amide bonds. The summed E-state index contributed by atoms with van der Waals surface area (Å²) in [4.78, 5) is 27.4. The largest absolute Gasteiger partial charge is 0.296 e. The molecule has 1 saturated heterocycles. The number of halogens is 1. The molecule has 0 aliphatic carbocycles. The van der Waals surface area contributed by atoms with Gasteiger partial charge in [-0.25, -0.2) is 4.98 Å². The van der Waals surface area contributed by atoms with Crippen LogP contribution >= 0.6 is 11.6 Å². The first-order chi connectivity index (χ1) is 11.1. The number of nitrogens with one attached hydrogen (secondary N) is 1. The van der Waals surface area contributed by atoms with E-state index in [2.05, 4.69) is 22.1 Å². The van der Waals surface area contributed by atoms with Crippen LogP contribution in [0.2, 0.25) is 5.02 Å². The summed E-state index contributed by atoms with van der Waals surface area (Å²) >= 11 is 6.42. The van der Waals surface area contributed by atoms with E-state index in [9.17, 15) is 9.59 Å². The molecule has 1 atom stereocenters. The highest BCUT2D eigenvalue weighted by Gasteiger charge is 2.29. The van der Waals surface area contributed by atoms with Gasteiger partial charge < -0.3 is 0 Å². The number of hydrogen-bond donors (Lipinski definition) is 1. The van der Waals surface area contributed by atoms with Crippen LogP contribution in [-0.4, -0.2) is 16.8 Å². The molecule has 4 nitrogen and oxygen atoms in total. The SMILES string of the molecule is O=C1CCC(c2cccc(C#Cc3ccccn3)c2Cl)C(=O)N1. The first-order valence-electron chi connectivity index (χ1n) is 7.20. The molecular formula is C18H13ClN2O2. The maximum Gasteiger partial charge on any atom is 0.234 e. The number of hydrogen-bond acceptors (Lipinski definition) is 3. The second kappa shape index (κ2) is 6.64. The normalized spacial score (nSPS) is 17.2. The molecule has 0 radical (unpaired) electrons. The van der Waals surface area contributed by atoms with Crippen molar-refractivity contribution in [1.82, 2.24) is 10.3 Å². The number of piperidine rings is 1. The van der Waals surface area contributed by atoms with Crippen LogP contribution in [0.25, 0.3) is 0 Å². The van der Waals surface area contributed by atoms with Gasteiger partial charge in [-0.1, -0.05) is 35.7 Å². The Labute approximate surface area is 138 Å². The predicted molar refractivity (Wildman–Crippen MR) is 86.8 cm³/mol. The molecule has 3 rings (SSSR count). The zero-order valence-electron chi connectivity index (χ0n) is 12.2. The van der Waals surface area contributed by atoms with Crippen molar-refractivity contribution in [1.29, 1.82) is 0 Å². The Balaban J connectivity index is 1.92. The summed E-state index contributed by atoms with van der Waals surface area (Å²) in [5.74, 6) is 4.97. The molecular weight excluding hydrogens is 312 g/mol. The lowest BCUT2D eigenvalue weighted by molar-refractivity contribution is -0.134. The lowest BCUT2D eigenvalue weighted by Crippen LogP contribution is -2.39. The Kier molecular flexibility index (Phi) is 4.40. The number of aromatic nitrogens is 1. The monoisotopic (exact) mass is 324 g/mol. The number of benzene rings is 1. The number of nitrogens with zero attached hydrogens (tertiary/aromatic N) is 1. The predicted octanol–water partition coefficient (Wildman–Crippen LogP) is 2.66. The number of carbonyl (C=O) groups is 2. The standard InChI is InChI=1S/C18H13ClN2O2/c19-17-12(7-8-13-5-1-2-11-20-13)4-3-6-14(17)15-9-10-16(22)21-18(15)23/h1-6,11,15H,9-10H2,(H,21,22,23). The topological polar surface area (TPSA) is 59.1 Å². The second-order valence-electron chi connectivity index (χ2n) is 5.18. The van der Waals surface area contributed by atoms with E-state index in [0.717, 1.165) is 0 Å². The second-order valence-corrected chi connectivity index (χ2v) is 5.56. The third-order valence-corrected chi connectivity index (χ3v) is 4.06. The first kappa shape index (κ1) is 15.3. The Morgan fingerprint density at radius 3 is 2.74 bits per heavy atom. The molecule has 2 heterocycles. The van der Waals surface area contributed by atoms with E-state index in [1.807, 2.05) is 24.3 Å². The average molecular weight is 325 g/mol. The minimum atomic E-state index is -0.420. The van der Waals surface area contributed by atoms with Crippen LogP contribution in [0.1, 0.15) is 35.6 Å². The summed E-state index contributed by atoms with van der Waals surface area (Å²) in [5.41, 5.74) is 1.99. The summed E-state index contributed by atoms with van der Waals surface area (Å²) in [6, 6.07) is 10.9. The van der Waals surface area contributed by atoms with Crippen molar-refractivity contribution in [3.05, 3.63) is 64.4 Å². The molecule has 0 spiro atoms. The van der Waals surface area contributed by atoms with Crippen molar-refractivity contribution in [2.24, 2.45) is 0 Å². The maximum absolute atomic E-state index is 12.0. The van der Waals surface area contributed by atoms with E-state index < -0.39 is 5.92 Å². The fourth-order valence-electron chi connectivity index (χ4n) is 2.47. The van der Waals surface area contributed by atoms with E-state index in [0.29, 0.717) is 34.7 Å². The van der Waals surface area contributed by atoms with Crippen molar-refractivity contribution in [3.63, 3.8) is 0 Å². The highest BCUT2D eigenvalue weighted by Crippen LogP contribution is 2.32. The molecule has 1 aromatic heterocycles. The van der Waals surface area contributed by atoms with Crippen molar-refractivity contribution in [2.45, 2.75) is 18.8 Å². The molecule has 0 saturated carbocycles. The third kappa shape index (κ3) is 3.41.